The summed E-state index contributed by atoms with van der Waals surface area (Å²) in [7, 11) is 2.30. The van der Waals surface area contributed by atoms with E-state index in [1.807, 2.05) is 0 Å². The molecule has 0 amide bonds. The summed E-state index contributed by atoms with van der Waals surface area (Å²) in [6.07, 6.45) is 6.72. The lowest BCUT2D eigenvalue weighted by molar-refractivity contribution is 0.0337. The minimum atomic E-state index is 0.261. The van der Waals surface area contributed by atoms with Crippen molar-refractivity contribution in [1.29, 1.82) is 0 Å². The van der Waals surface area contributed by atoms with Gasteiger partial charge in [-0.2, -0.15) is 0 Å². The molecule has 0 bridgehead atoms. The zero-order valence-corrected chi connectivity index (χ0v) is 13.2. The number of nitrogens with zero attached hydrogens (tertiary/aromatic N) is 2. The van der Waals surface area contributed by atoms with E-state index in [2.05, 4.69) is 30.7 Å². The summed E-state index contributed by atoms with van der Waals surface area (Å²) in [5.41, 5.74) is 6.45. The van der Waals surface area contributed by atoms with Crippen LogP contribution in [0.2, 0.25) is 0 Å². The van der Waals surface area contributed by atoms with Crippen LogP contribution in [0.1, 0.15) is 46.0 Å². The van der Waals surface area contributed by atoms with Gasteiger partial charge in [0.2, 0.25) is 0 Å². The van der Waals surface area contributed by atoms with E-state index in [9.17, 15) is 0 Å². The van der Waals surface area contributed by atoms with Crippen LogP contribution in [0.15, 0.2) is 0 Å². The predicted octanol–water partition coefficient (Wildman–Crippen LogP) is 2.17. The Morgan fingerprint density at radius 2 is 1.74 bits per heavy atom. The molecule has 2 N–H and O–H groups in total. The van der Waals surface area contributed by atoms with Crippen LogP contribution in [0.4, 0.5) is 0 Å². The Hall–Kier alpha value is -0.120. The second-order valence-corrected chi connectivity index (χ2v) is 7.25. The molecule has 3 nitrogen and oxygen atoms in total. The fourth-order valence-corrected chi connectivity index (χ4v) is 4.40. The molecule has 19 heavy (non-hydrogen) atoms. The normalized spacial score (nSPS) is 37.1. The molecule has 2 unspecified atom stereocenters. The molecule has 2 aliphatic rings. The molecule has 1 saturated heterocycles. The molecule has 0 aromatic heterocycles. The fraction of sp³-hybridized carbons (Fsp3) is 1.00. The van der Waals surface area contributed by atoms with Gasteiger partial charge in [0.15, 0.2) is 0 Å². The number of likely N-dealkylation sites (N-methyl/N-ethyl adjacent to an activating group) is 1. The Balaban J connectivity index is 1.90. The van der Waals surface area contributed by atoms with Gasteiger partial charge in [-0.05, 0) is 64.1 Å². The van der Waals surface area contributed by atoms with Gasteiger partial charge in [0, 0.05) is 25.2 Å². The maximum atomic E-state index is 6.19. The van der Waals surface area contributed by atoms with Crippen LogP contribution in [0.5, 0.6) is 0 Å². The van der Waals surface area contributed by atoms with Gasteiger partial charge in [-0.15, -0.1) is 0 Å². The van der Waals surface area contributed by atoms with E-state index in [0.29, 0.717) is 0 Å². The first-order valence-electron chi connectivity index (χ1n) is 8.19. The summed E-state index contributed by atoms with van der Waals surface area (Å²) in [6, 6.07) is 0. The Labute approximate surface area is 119 Å². The van der Waals surface area contributed by atoms with Crippen molar-refractivity contribution < 1.29 is 0 Å². The number of hydrogen-bond donors (Lipinski definition) is 1. The summed E-state index contributed by atoms with van der Waals surface area (Å²) in [6.45, 7) is 10.6. The number of likely N-dealkylation sites (tertiary alicyclic amines) is 1. The lowest BCUT2D eigenvalue weighted by Gasteiger charge is -2.48. The Morgan fingerprint density at radius 3 is 2.26 bits per heavy atom. The molecule has 2 atom stereocenters. The molecule has 0 radical (unpaired) electrons. The van der Waals surface area contributed by atoms with Gasteiger partial charge >= 0.3 is 0 Å². The third kappa shape index (κ3) is 3.71. The van der Waals surface area contributed by atoms with E-state index in [0.717, 1.165) is 18.4 Å². The van der Waals surface area contributed by atoms with Crippen molar-refractivity contribution in [3.05, 3.63) is 0 Å². The van der Waals surface area contributed by atoms with Crippen LogP contribution in [-0.4, -0.2) is 55.1 Å². The third-order valence-corrected chi connectivity index (χ3v) is 5.40. The number of nitrogens with two attached hydrogens (primary N) is 1. The highest BCUT2D eigenvalue weighted by Crippen LogP contribution is 2.38. The summed E-state index contributed by atoms with van der Waals surface area (Å²) >= 11 is 0. The van der Waals surface area contributed by atoms with E-state index in [1.165, 1.54) is 58.3 Å². The van der Waals surface area contributed by atoms with Crippen molar-refractivity contribution in [3.8, 4) is 0 Å². The van der Waals surface area contributed by atoms with Gasteiger partial charge in [0.25, 0.3) is 0 Å². The highest BCUT2D eigenvalue weighted by Gasteiger charge is 2.39. The fourth-order valence-electron chi connectivity index (χ4n) is 4.40. The standard InChI is InChI=1S/C16H33N3/c1-14-10-15(2)12-16(11-14,13-17)18(3)8-9-19-6-4-5-7-19/h14-15H,4-13,17H2,1-3H3. The molecule has 0 spiro atoms. The molecular weight excluding hydrogens is 234 g/mol. The smallest absolute Gasteiger partial charge is 0.0334 e. The lowest BCUT2D eigenvalue weighted by atomic mass is 9.71. The van der Waals surface area contributed by atoms with Crippen molar-refractivity contribution in [2.75, 3.05) is 39.8 Å². The van der Waals surface area contributed by atoms with Crippen LogP contribution < -0.4 is 5.73 Å². The van der Waals surface area contributed by atoms with Crippen LogP contribution in [0, 0.1) is 11.8 Å². The summed E-state index contributed by atoms with van der Waals surface area (Å²) in [5.74, 6) is 1.64. The number of hydrogen-bond acceptors (Lipinski definition) is 3. The molecule has 1 aliphatic carbocycles. The second-order valence-electron chi connectivity index (χ2n) is 7.25. The Morgan fingerprint density at radius 1 is 1.16 bits per heavy atom. The average molecular weight is 267 g/mol. The van der Waals surface area contributed by atoms with Gasteiger partial charge in [-0.25, -0.2) is 0 Å². The zero-order valence-electron chi connectivity index (χ0n) is 13.2. The highest BCUT2D eigenvalue weighted by molar-refractivity contribution is 4.96. The largest absolute Gasteiger partial charge is 0.329 e. The first-order chi connectivity index (χ1) is 9.05. The van der Waals surface area contributed by atoms with Crippen molar-refractivity contribution in [2.45, 2.75) is 51.5 Å². The van der Waals surface area contributed by atoms with Gasteiger partial charge in [-0.3, -0.25) is 4.90 Å². The van der Waals surface area contributed by atoms with Gasteiger partial charge in [0.05, 0.1) is 0 Å². The molecule has 1 saturated carbocycles. The zero-order chi connectivity index (χ0) is 13.9. The lowest BCUT2D eigenvalue weighted by Crippen LogP contribution is -2.57. The van der Waals surface area contributed by atoms with E-state index >= 15 is 0 Å². The van der Waals surface area contributed by atoms with E-state index < -0.39 is 0 Å². The topological polar surface area (TPSA) is 32.5 Å². The molecule has 1 aliphatic heterocycles. The maximum Gasteiger partial charge on any atom is 0.0334 e. The molecule has 2 fully saturated rings. The van der Waals surface area contributed by atoms with Crippen molar-refractivity contribution in [2.24, 2.45) is 17.6 Å². The molecule has 112 valence electrons. The van der Waals surface area contributed by atoms with Crippen LogP contribution in [-0.2, 0) is 0 Å². The molecule has 1 heterocycles. The van der Waals surface area contributed by atoms with E-state index in [-0.39, 0.29) is 5.54 Å². The second kappa shape index (κ2) is 6.55. The molecular formula is C16H33N3. The molecule has 3 heteroatoms. The van der Waals surface area contributed by atoms with Crippen molar-refractivity contribution in [3.63, 3.8) is 0 Å². The summed E-state index contributed by atoms with van der Waals surface area (Å²) in [4.78, 5) is 5.19. The van der Waals surface area contributed by atoms with Gasteiger partial charge in [0.1, 0.15) is 0 Å². The molecule has 0 aromatic rings. The summed E-state index contributed by atoms with van der Waals surface area (Å²) in [5, 5.41) is 0. The summed E-state index contributed by atoms with van der Waals surface area (Å²) < 4.78 is 0. The van der Waals surface area contributed by atoms with Crippen LogP contribution in [0.3, 0.4) is 0 Å². The Bertz CT molecular complexity index is 263. The minimum Gasteiger partial charge on any atom is -0.329 e. The van der Waals surface area contributed by atoms with Crippen molar-refractivity contribution >= 4 is 0 Å². The van der Waals surface area contributed by atoms with Crippen LogP contribution in [0.25, 0.3) is 0 Å². The monoisotopic (exact) mass is 267 g/mol. The first-order valence-corrected chi connectivity index (χ1v) is 8.19. The van der Waals surface area contributed by atoms with Crippen molar-refractivity contribution in [1.82, 2.24) is 9.80 Å². The first kappa shape index (κ1) is 15.3. The Kier molecular flexibility index (Phi) is 5.27. The highest BCUT2D eigenvalue weighted by atomic mass is 15.2. The SMILES string of the molecule is CC1CC(C)CC(CN)(N(C)CCN2CCCC2)C1. The molecule has 0 aromatic carbocycles. The van der Waals surface area contributed by atoms with E-state index in [4.69, 9.17) is 5.73 Å². The maximum absolute atomic E-state index is 6.19. The van der Waals surface area contributed by atoms with Crippen LogP contribution >= 0.6 is 0 Å². The minimum absolute atomic E-state index is 0.261. The van der Waals surface area contributed by atoms with Gasteiger partial charge < -0.3 is 10.6 Å². The average Bonchev–Trinajstić information content (AvgIpc) is 2.87. The number of rotatable bonds is 5. The predicted molar refractivity (Wildman–Crippen MR) is 82.3 cm³/mol. The van der Waals surface area contributed by atoms with E-state index in [1.54, 1.807) is 0 Å². The molecule has 2 rings (SSSR count). The van der Waals surface area contributed by atoms with Gasteiger partial charge in [-0.1, -0.05) is 13.8 Å². The quantitative estimate of drug-likeness (QED) is 0.828. The third-order valence-electron chi connectivity index (χ3n) is 5.40.